The lowest BCUT2D eigenvalue weighted by Gasteiger charge is -2.29. The summed E-state index contributed by atoms with van der Waals surface area (Å²) in [5, 5.41) is 2.82. The Bertz CT molecular complexity index is 740. The fourth-order valence-electron chi connectivity index (χ4n) is 3.40. The second kappa shape index (κ2) is 8.26. The molecule has 8 heteroatoms. The van der Waals surface area contributed by atoms with Gasteiger partial charge in [0.2, 0.25) is 15.9 Å². The molecule has 0 saturated heterocycles. The Morgan fingerprint density at radius 2 is 1.77 bits per heavy atom. The molecule has 0 unspecified atom stereocenters. The number of methoxy groups -OCH3 is 2. The van der Waals surface area contributed by atoms with Crippen molar-refractivity contribution < 1.29 is 22.7 Å². The quantitative estimate of drug-likeness (QED) is 0.735. The molecule has 0 bridgehead atoms. The summed E-state index contributed by atoms with van der Waals surface area (Å²) in [6.45, 7) is 0.0917. The van der Waals surface area contributed by atoms with Gasteiger partial charge in [-0.3, -0.25) is 4.79 Å². The molecule has 0 aliphatic heterocycles. The Morgan fingerprint density at radius 3 is 2.31 bits per heavy atom. The summed E-state index contributed by atoms with van der Waals surface area (Å²) in [5.74, 6) is 0.950. The zero-order valence-electron chi connectivity index (χ0n) is 15.9. The van der Waals surface area contributed by atoms with E-state index in [1.54, 1.807) is 20.3 Å². The minimum atomic E-state index is -3.34. The van der Waals surface area contributed by atoms with E-state index in [0.717, 1.165) is 31.2 Å². The van der Waals surface area contributed by atoms with Crippen LogP contribution in [0.25, 0.3) is 0 Å². The molecule has 1 saturated carbocycles. The molecule has 2 rings (SSSR count). The molecule has 0 heterocycles. The van der Waals surface area contributed by atoms with Crippen LogP contribution in [0.4, 0.5) is 0 Å². The molecular weight excluding hydrogens is 356 g/mol. The summed E-state index contributed by atoms with van der Waals surface area (Å²) < 4.78 is 35.6. The van der Waals surface area contributed by atoms with E-state index in [1.165, 1.54) is 18.4 Å². The molecule has 1 fully saturated rings. The molecule has 0 radical (unpaired) electrons. The van der Waals surface area contributed by atoms with Crippen molar-refractivity contribution in [1.82, 2.24) is 9.62 Å². The van der Waals surface area contributed by atoms with Gasteiger partial charge in [0.1, 0.15) is 0 Å². The maximum Gasteiger partial charge on any atom is 0.230 e. The van der Waals surface area contributed by atoms with Crippen LogP contribution in [0.1, 0.15) is 31.2 Å². The van der Waals surface area contributed by atoms with E-state index in [-0.39, 0.29) is 18.2 Å². The average molecular weight is 384 g/mol. The van der Waals surface area contributed by atoms with Crippen molar-refractivity contribution in [3.8, 4) is 11.5 Å². The highest BCUT2D eigenvalue weighted by molar-refractivity contribution is 7.89. The second-order valence-corrected chi connectivity index (χ2v) is 9.02. The summed E-state index contributed by atoms with van der Waals surface area (Å²) >= 11 is 0. The Kier molecular flexibility index (Phi) is 6.52. The summed E-state index contributed by atoms with van der Waals surface area (Å²) in [6.07, 6.45) is 3.37. The van der Waals surface area contributed by atoms with Crippen LogP contribution >= 0.6 is 0 Å². The van der Waals surface area contributed by atoms with Crippen molar-refractivity contribution >= 4 is 15.9 Å². The molecule has 0 aromatic heterocycles. The third-order valence-corrected chi connectivity index (χ3v) is 6.86. The highest BCUT2D eigenvalue weighted by atomic mass is 32.2. The van der Waals surface area contributed by atoms with Crippen LogP contribution in [0, 0.1) is 0 Å². The van der Waals surface area contributed by atoms with Gasteiger partial charge in [-0.1, -0.05) is 18.9 Å². The van der Waals surface area contributed by atoms with Gasteiger partial charge in [-0.2, -0.15) is 0 Å². The molecule has 1 aromatic rings. The zero-order chi connectivity index (χ0) is 19.4. The predicted octanol–water partition coefficient (Wildman–Crippen LogP) is 1.52. The first-order valence-electron chi connectivity index (χ1n) is 8.68. The molecule has 146 valence electrons. The van der Waals surface area contributed by atoms with E-state index in [9.17, 15) is 13.2 Å². The lowest BCUT2D eigenvalue weighted by atomic mass is 9.78. The molecule has 1 aromatic carbocycles. The minimum Gasteiger partial charge on any atom is -0.493 e. The van der Waals surface area contributed by atoms with Gasteiger partial charge < -0.3 is 14.8 Å². The van der Waals surface area contributed by atoms with Crippen LogP contribution < -0.4 is 14.8 Å². The van der Waals surface area contributed by atoms with Gasteiger partial charge in [0.05, 0.1) is 25.4 Å². The topological polar surface area (TPSA) is 84.9 Å². The first kappa shape index (κ1) is 20.5. The van der Waals surface area contributed by atoms with Crippen molar-refractivity contribution in [2.75, 3.05) is 40.6 Å². The minimum absolute atomic E-state index is 0.0917. The van der Waals surface area contributed by atoms with Crippen LogP contribution in [-0.2, 0) is 20.2 Å². The van der Waals surface area contributed by atoms with E-state index in [1.807, 2.05) is 12.1 Å². The molecule has 26 heavy (non-hydrogen) atoms. The maximum absolute atomic E-state index is 13.0. The van der Waals surface area contributed by atoms with Crippen molar-refractivity contribution in [3.05, 3.63) is 23.8 Å². The first-order chi connectivity index (χ1) is 12.3. The van der Waals surface area contributed by atoms with Crippen LogP contribution in [0.5, 0.6) is 11.5 Å². The van der Waals surface area contributed by atoms with Crippen molar-refractivity contribution in [3.63, 3.8) is 0 Å². The number of amides is 1. The van der Waals surface area contributed by atoms with Crippen molar-refractivity contribution in [2.45, 2.75) is 31.1 Å². The average Bonchev–Trinajstić information content (AvgIpc) is 3.11. The summed E-state index contributed by atoms with van der Waals surface area (Å²) in [6, 6.07) is 5.54. The Hall–Kier alpha value is -1.80. The molecule has 1 amide bonds. The SMILES string of the molecule is COc1ccc(C2(C(=O)NCCS(=O)(=O)N(C)C)CCCC2)cc1OC. The molecule has 1 aliphatic rings. The molecule has 1 aliphatic carbocycles. The fraction of sp³-hybridized carbons (Fsp3) is 0.611. The van der Waals surface area contributed by atoms with E-state index in [2.05, 4.69) is 5.32 Å². The smallest absolute Gasteiger partial charge is 0.230 e. The molecule has 0 atom stereocenters. The Morgan fingerprint density at radius 1 is 1.15 bits per heavy atom. The summed E-state index contributed by atoms with van der Waals surface area (Å²) in [4.78, 5) is 13.0. The number of nitrogens with one attached hydrogen (secondary N) is 1. The van der Waals surface area contributed by atoms with Gasteiger partial charge in [-0.15, -0.1) is 0 Å². The first-order valence-corrected chi connectivity index (χ1v) is 10.3. The van der Waals surface area contributed by atoms with Crippen LogP contribution in [-0.4, -0.2) is 59.2 Å². The monoisotopic (exact) mass is 384 g/mol. The number of carbonyl (C=O) groups excluding carboxylic acids is 1. The fourth-order valence-corrected chi connectivity index (χ4v) is 4.13. The van der Waals surface area contributed by atoms with Crippen LogP contribution in [0.15, 0.2) is 18.2 Å². The standard InChI is InChI=1S/C18H28N2O5S/c1-20(2)26(22,23)12-11-19-17(21)18(9-5-6-10-18)14-7-8-15(24-3)16(13-14)25-4/h7-8,13H,5-6,9-12H2,1-4H3,(H,19,21). The Labute approximate surface area is 155 Å². The number of nitrogens with zero attached hydrogens (tertiary/aromatic N) is 1. The van der Waals surface area contributed by atoms with Crippen LogP contribution in [0.2, 0.25) is 0 Å². The Balaban J connectivity index is 2.20. The lowest BCUT2D eigenvalue weighted by Crippen LogP contribution is -2.44. The van der Waals surface area contributed by atoms with E-state index in [0.29, 0.717) is 11.5 Å². The summed E-state index contributed by atoms with van der Waals surface area (Å²) in [7, 11) is 2.77. The number of benzene rings is 1. The summed E-state index contributed by atoms with van der Waals surface area (Å²) in [5.41, 5.74) is 0.224. The number of hydrogen-bond donors (Lipinski definition) is 1. The third kappa shape index (κ3) is 4.12. The van der Waals surface area contributed by atoms with E-state index >= 15 is 0 Å². The third-order valence-electron chi connectivity index (χ3n) is 5.03. The van der Waals surface area contributed by atoms with Gasteiger partial charge in [-0.05, 0) is 30.5 Å². The highest BCUT2D eigenvalue weighted by Crippen LogP contribution is 2.43. The van der Waals surface area contributed by atoms with Gasteiger partial charge in [0, 0.05) is 20.6 Å². The number of carbonyl (C=O) groups is 1. The van der Waals surface area contributed by atoms with Gasteiger partial charge >= 0.3 is 0 Å². The van der Waals surface area contributed by atoms with Gasteiger partial charge in [-0.25, -0.2) is 12.7 Å². The number of hydrogen-bond acceptors (Lipinski definition) is 5. The second-order valence-electron chi connectivity index (χ2n) is 6.71. The maximum atomic E-state index is 13.0. The molecule has 7 nitrogen and oxygen atoms in total. The zero-order valence-corrected chi connectivity index (χ0v) is 16.7. The molecular formula is C18H28N2O5S. The molecule has 0 spiro atoms. The van der Waals surface area contributed by atoms with Gasteiger partial charge in [0.15, 0.2) is 11.5 Å². The van der Waals surface area contributed by atoms with Crippen molar-refractivity contribution in [1.29, 1.82) is 0 Å². The van der Waals surface area contributed by atoms with E-state index < -0.39 is 15.4 Å². The number of rotatable bonds is 8. The molecule has 1 N–H and O–H groups in total. The van der Waals surface area contributed by atoms with Gasteiger partial charge in [0.25, 0.3) is 0 Å². The van der Waals surface area contributed by atoms with Crippen molar-refractivity contribution in [2.24, 2.45) is 0 Å². The largest absolute Gasteiger partial charge is 0.493 e. The predicted molar refractivity (Wildman–Crippen MR) is 100 cm³/mol. The number of ether oxygens (including phenoxy) is 2. The van der Waals surface area contributed by atoms with Crippen LogP contribution in [0.3, 0.4) is 0 Å². The lowest BCUT2D eigenvalue weighted by molar-refractivity contribution is -0.126. The highest BCUT2D eigenvalue weighted by Gasteiger charge is 2.43. The number of sulfonamides is 1. The normalized spacial score (nSPS) is 16.5. The van der Waals surface area contributed by atoms with E-state index in [4.69, 9.17) is 9.47 Å².